The molecule has 0 radical (unpaired) electrons. The third-order valence-corrected chi connectivity index (χ3v) is 9.03. The lowest BCUT2D eigenvalue weighted by Crippen LogP contribution is -2.37. The highest BCUT2D eigenvalue weighted by Gasteiger charge is 2.43. The minimum absolute atomic E-state index is 0.0410. The van der Waals surface area contributed by atoms with Gasteiger partial charge in [0.1, 0.15) is 17.2 Å². The Morgan fingerprint density at radius 1 is 0.810 bits per heavy atom. The van der Waals surface area contributed by atoms with Crippen LogP contribution in [0.5, 0.6) is 11.5 Å². The highest BCUT2D eigenvalue weighted by molar-refractivity contribution is 8.00. The predicted octanol–water partition coefficient (Wildman–Crippen LogP) is 9.58. The van der Waals surface area contributed by atoms with Gasteiger partial charge in [0.15, 0.2) is 0 Å². The number of ether oxygens (including phenoxy) is 2. The molecule has 1 heterocycles. The molecular formula is C33H36F5NO2S. The molecule has 1 aromatic carbocycles. The molecule has 0 atom stereocenters. The number of alkyl halides is 5. The number of allylic oxidation sites excluding steroid dienone is 3. The second kappa shape index (κ2) is 15.0. The molecule has 2 saturated carbocycles. The summed E-state index contributed by atoms with van der Waals surface area (Å²) in [6.45, 7) is 2.05. The molecule has 2 fully saturated rings. The monoisotopic (exact) mass is 605 g/mol. The summed E-state index contributed by atoms with van der Waals surface area (Å²) in [6, 6.07) is 7.95. The molecule has 0 amide bonds. The fraction of sp³-hybridized carbons (Fsp3) is 0.485. The summed E-state index contributed by atoms with van der Waals surface area (Å²) in [6.07, 6.45) is 9.21. The highest BCUT2D eigenvalue weighted by Crippen LogP contribution is 2.41. The van der Waals surface area contributed by atoms with Crippen molar-refractivity contribution < 1.29 is 31.4 Å². The van der Waals surface area contributed by atoms with Crippen molar-refractivity contribution in [2.45, 2.75) is 76.0 Å². The van der Waals surface area contributed by atoms with Gasteiger partial charge >= 0.3 is 12.5 Å². The molecule has 4 rings (SSSR count). The first-order valence-electron chi connectivity index (χ1n) is 14.4. The molecule has 0 spiro atoms. The molecule has 2 aromatic rings. The van der Waals surface area contributed by atoms with Crippen molar-refractivity contribution in [1.82, 2.24) is 4.98 Å². The summed E-state index contributed by atoms with van der Waals surface area (Å²) >= 11 is 2.04. The van der Waals surface area contributed by atoms with Crippen LogP contribution in [0.2, 0.25) is 0 Å². The lowest BCUT2D eigenvalue weighted by atomic mass is 9.80. The number of hydrogen-bond donors (Lipinski definition) is 0. The maximum atomic E-state index is 15.0. The van der Waals surface area contributed by atoms with Crippen molar-refractivity contribution in [3.63, 3.8) is 0 Å². The third kappa shape index (κ3) is 10.4. The minimum Gasteiger partial charge on any atom is -0.431 e. The van der Waals surface area contributed by atoms with Gasteiger partial charge in [-0.2, -0.15) is 20.5 Å². The Morgan fingerprint density at radius 2 is 1.43 bits per heavy atom. The van der Waals surface area contributed by atoms with Gasteiger partial charge in [-0.25, -0.2) is 4.98 Å². The van der Waals surface area contributed by atoms with Crippen LogP contribution < -0.4 is 9.47 Å². The molecule has 226 valence electrons. The van der Waals surface area contributed by atoms with Crippen LogP contribution in [-0.4, -0.2) is 28.5 Å². The van der Waals surface area contributed by atoms with Crippen LogP contribution in [0.15, 0.2) is 66.9 Å². The summed E-state index contributed by atoms with van der Waals surface area (Å²) in [7, 11) is 0. The summed E-state index contributed by atoms with van der Waals surface area (Å²) in [5, 5.41) is 0.749. The van der Waals surface area contributed by atoms with Gasteiger partial charge < -0.3 is 9.47 Å². The molecule has 1 aromatic heterocycles. The van der Waals surface area contributed by atoms with Crippen molar-refractivity contribution in [2.75, 3.05) is 5.75 Å². The normalized spacial score (nSPS) is 23.5. The average Bonchev–Trinajstić information content (AvgIpc) is 2.96. The van der Waals surface area contributed by atoms with Crippen LogP contribution in [-0.2, 0) is 0 Å². The predicted molar refractivity (Wildman–Crippen MR) is 157 cm³/mol. The first-order chi connectivity index (χ1) is 20.1. The van der Waals surface area contributed by atoms with E-state index >= 15 is 0 Å². The zero-order chi connectivity index (χ0) is 30.0. The first kappa shape index (κ1) is 31.9. The number of benzene rings is 1. The maximum absolute atomic E-state index is 15.0. The summed E-state index contributed by atoms with van der Waals surface area (Å²) < 4.78 is 75.7. The third-order valence-electron chi connectivity index (χ3n) is 7.70. The van der Waals surface area contributed by atoms with Crippen molar-refractivity contribution in [1.29, 1.82) is 0 Å². The van der Waals surface area contributed by atoms with Gasteiger partial charge in [0.05, 0.1) is 12.1 Å². The molecule has 9 heteroatoms. The lowest BCUT2D eigenvalue weighted by molar-refractivity contribution is -0.274. The van der Waals surface area contributed by atoms with Crippen LogP contribution in [0.4, 0.5) is 22.0 Å². The standard InChI is InChI=1S/C33H36F5NO2S/c1-2-3-22-42-31-20-11-25(12-21-31)5-4-24-6-13-27(14-7-24)32(34,35)40-30-19-16-28(39-23-30)15-8-26-9-17-29(18-10-26)41-33(36,37)38/h2-5,9-10,16-19,23-25,27,31H,6-7,11-14,20-22H2,1H3/b3-2+,5-4+. The summed E-state index contributed by atoms with van der Waals surface area (Å²) in [4.78, 5) is 4.07. The molecule has 0 saturated heterocycles. The van der Waals surface area contributed by atoms with Crippen LogP contribution in [0.3, 0.4) is 0 Å². The molecule has 0 bridgehead atoms. The molecule has 0 aliphatic heterocycles. The quantitative estimate of drug-likeness (QED) is 0.162. The number of halogens is 5. The van der Waals surface area contributed by atoms with Crippen LogP contribution >= 0.6 is 11.8 Å². The number of pyridine rings is 1. The minimum atomic E-state index is -4.77. The van der Waals surface area contributed by atoms with Gasteiger partial charge in [-0.3, -0.25) is 0 Å². The Bertz CT molecular complexity index is 1230. The molecule has 2 aliphatic rings. The van der Waals surface area contributed by atoms with Crippen molar-refractivity contribution in [3.8, 4) is 23.3 Å². The molecule has 0 N–H and O–H groups in total. The fourth-order valence-electron chi connectivity index (χ4n) is 5.33. The van der Waals surface area contributed by atoms with Crippen LogP contribution in [0.25, 0.3) is 0 Å². The van der Waals surface area contributed by atoms with E-state index in [0.29, 0.717) is 35.9 Å². The lowest BCUT2D eigenvalue weighted by Gasteiger charge is -2.32. The zero-order valence-electron chi connectivity index (χ0n) is 23.6. The van der Waals surface area contributed by atoms with Gasteiger partial charge in [-0.1, -0.05) is 30.2 Å². The SMILES string of the molecule is C/C=C/CSC1CCC(/C=C/C2CCC(C(F)(F)Oc3ccc(C#Cc4ccc(OC(F)(F)F)cc4)nc3)CC2)CC1. The van der Waals surface area contributed by atoms with Crippen molar-refractivity contribution in [3.05, 3.63) is 78.2 Å². The first-order valence-corrected chi connectivity index (χ1v) is 15.5. The molecule has 3 nitrogen and oxygen atoms in total. The Morgan fingerprint density at radius 3 is 2.00 bits per heavy atom. The Kier molecular flexibility index (Phi) is 11.4. The largest absolute Gasteiger partial charge is 0.573 e. The van der Waals surface area contributed by atoms with E-state index in [2.05, 4.69) is 52.8 Å². The van der Waals surface area contributed by atoms with Gasteiger partial charge in [0, 0.05) is 16.6 Å². The number of thioether (sulfide) groups is 1. The van der Waals surface area contributed by atoms with E-state index in [0.717, 1.165) is 36.0 Å². The van der Waals surface area contributed by atoms with Crippen LogP contribution in [0.1, 0.15) is 69.5 Å². The number of nitrogens with zero attached hydrogens (tertiary/aromatic N) is 1. The van der Waals surface area contributed by atoms with E-state index in [-0.39, 0.29) is 11.5 Å². The van der Waals surface area contributed by atoms with E-state index < -0.39 is 18.4 Å². The Hall–Kier alpha value is -2.99. The van der Waals surface area contributed by atoms with E-state index in [9.17, 15) is 22.0 Å². The fourth-order valence-corrected chi connectivity index (χ4v) is 6.51. The maximum Gasteiger partial charge on any atom is 0.573 e. The number of aromatic nitrogens is 1. The molecular weight excluding hydrogens is 569 g/mol. The van der Waals surface area contributed by atoms with Crippen molar-refractivity contribution >= 4 is 11.8 Å². The van der Waals surface area contributed by atoms with Gasteiger partial charge in [-0.15, -0.1) is 13.2 Å². The number of rotatable bonds is 9. The van der Waals surface area contributed by atoms with Crippen LogP contribution in [0, 0.1) is 29.6 Å². The van der Waals surface area contributed by atoms with E-state index in [1.54, 1.807) is 0 Å². The second-order valence-corrected chi connectivity index (χ2v) is 12.1. The van der Waals surface area contributed by atoms with Gasteiger partial charge in [0.2, 0.25) is 0 Å². The number of hydrogen-bond acceptors (Lipinski definition) is 4. The van der Waals surface area contributed by atoms with E-state index in [4.69, 9.17) is 4.74 Å². The van der Waals surface area contributed by atoms with Crippen molar-refractivity contribution in [2.24, 2.45) is 17.8 Å². The Balaban J connectivity index is 1.21. The highest BCUT2D eigenvalue weighted by atomic mass is 32.2. The molecule has 0 unspecified atom stereocenters. The smallest absolute Gasteiger partial charge is 0.431 e. The van der Waals surface area contributed by atoms with E-state index in [1.807, 2.05) is 11.8 Å². The van der Waals surface area contributed by atoms with Gasteiger partial charge in [-0.05, 0) is 112 Å². The average molecular weight is 606 g/mol. The topological polar surface area (TPSA) is 31.4 Å². The summed E-state index contributed by atoms with van der Waals surface area (Å²) in [5.41, 5.74) is 0.764. The Labute approximate surface area is 249 Å². The van der Waals surface area contributed by atoms with E-state index in [1.165, 1.54) is 56.1 Å². The summed E-state index contributed by atoms with van der Waals surface area (Å²) in [5.74, 6) is 6.32. The molecule has 2 aliphatic carbocycles. The van der Waals surface area contributed by atoms with Gasteiger partial charge in [0.25, 0.3) is 0 Å². The zero-order valence-corrected chi connectivity index (χ0v) is 24.4. The second-order valence-electron chi connectivity index (χ2n) is 10.8. The molecule has 42 heavy (non-hydrogen) atoms.